The molecule has 0 radical (unpaired) electrons. The number of aryl methyl sites for hydroxylation is 1. The summed E-state index contributed by atoms with van der Waals surface area (Å²) in [5.41, 5.74) is 6.30. The standard InChI is InChI=1S/C18H26N4O2/c1-12-15(16(19)23)10-20-17(21-12)14-8-5-9-22(11-14)18(24)13-6-3-2-4-7-13/h10,13-14H,2-9,11H2,1H3,(H2,19,23)/t14-/m0/s1. The van der Waals surface area contributed by atoms with Gasteiger partial charge in [0.25, 0.3) is 5.91 Å². The summed E-state index contributed by atoms with van der Waals surface area (Å²) in [6, 6.07) is 0. The van der Waals surface area contributed by atoms with Gasteiger partial charge in [0, 0.05) is 31.1 Å². The molecule has 1 atom stereocenters. The van der Waals surface area contributed by atoms with Crippen LogP contribution in [0.2, 0.25) is 0 Å². The van der Waals surface area contributed by atoms with Crippen molar-refractivity contribution in [3.05, 3.63) is 23.3 Å². The van der Waals surface area contributed by atoms with Crippen molar-refractivity contribution in [1.29, 1.82) is 0 Å². The molecular weight excluding hydrogens is 304 g/mol. The molecule has 2 amide bonds. The summed E-state index contributed by atoms with van der Waals surface area (Å²) in [6.45, 7) is 3.30. The third kappa shape index (κ3) is 3.57. The van der Waals surface area contributed by atoms with Crippen molar-refractivity contribution in [3.63, 3.8) is 0 Å². The number of carbonyl (C=O) groups is 2. The van der Waals surface area contributed by atoms with Crippen molar-refractivity contribution >= 4 is 11.8 Å². The molecule has 1 aromatic rings. The van der Waals surface area contributed by atoms with E-state index < -0.39 is 5.91 Å². The molecule has 1 saturated carbocycles. The Hall–Kier alpha value is -1.98. The summed E-state index contributed by atoms with van der Waals surface area (Å²) < 4.78 is 0. The third-order valence-corrected chi connectivity index (χ3v) is 5.32. The quantitative estimate of drug-likeness (QED) is 0.920. The maximum atomic E-state index is 12.8. The number of primary amides is 1. The minimum atomic E-state index is -0.503. The number of nitrogens with two attached hydrogens (primary N) is 1. The lowest BCUT2D eigenvalue weighted by Gasteiger charge is -2.35. The molecular formula is C18H26N4O2. The summed E-state index contributed by atoms with van der Waals surface area (Å²) in [5, 5.41) is 0. The SMILES string of the molecule is Cc1nc([C@H]2CCCN(C(=O)C3CCCCC3)C2)ncc1C(N)=O. The first kappa shape index (κ1) is 16.9. The predicted octanol–water partition coefficient (Wildman–Crippen LogP) is 2.17. The number of rotatable bonds is 3. The van der Waals surface area contributed by atoms with E-state index in [1.807, 2.05) is 4.90 Å². The number of nitrogens with zero attached hydrogens (tertiary/aromatic N) is 3. The van der Waals surface area contributed by atoms with Crippen LogP contribution in [0.5, 0.6) is 0 Å². The molecule has 0 aromatic carbocycles. The summed E-state index contributed by atoms with van der Waals surface area (Å²) >= 11 is 0. The van der Waals surface area contributed by atoms with Gasteiger partial charge in [-0.3, -0.25) is 9.59 Å². The van der Waals surface area contributed by atoms with Crippen LogP contribution in [-0.4, -0.2) is 39.8 Å². The first-order valence-electron chi connectivity index (χ1n) is 8.98. The van der Waals surface area contributed by atoms with Gasteiger partial charge < -0.3 is 10.6 Å². The first-order valence-corrected chi connectivity index (χ1v) is 8.98. The molecule has 2 heterocycles. The van der Waals surface area contributed by atoms with Gasteiger partial charge in [-0.2, -0.15) is 0 Å². The Balaban J connectivity index is 1.70. The minimum absolute atomic E-state index is 0.145. The van der Waals surface area contributed by atoms with E-state index in [1.54, 1.807) is 6.92 Å². The second-order valence-electron chi connectivity index (χ2n) is 7.05. The number of aromatic nitrogens is 2. The molecule has 6 nitrogen and oxygen atoms in total. The van der Waals surface area contributed by atoms with E-state index in [0.717, 1.165) is 38.1 Å². The van der Waals surface area contributed by atoms with Gasteiger partial charge in [-0.05, 0) is 32.6 Å². The van der Waals surface area contributed by atoms with Crippen LogP contribution in [-0.2, 0) is 4.79 Å². The molecule has 2 aliphatic rings. The zero-order valence-corrected chi connectivity index (χ0v) is 14.3. The number of likely N-dealkylation sites (tertiary alicyclic amines) is 1. The normalized spacial score (nSPS) is 22.4. The third-order valence-electron chi connectivity index (χ3n) is 5.32. The maximum absolute atomic E-state index is 12.8. The van der Waals surface area contributed by atoms with Crippen LogP contribution in [0.15, 0.2) is 6.20 Å². The van der Waals surface area contributed by atoms with Crippen molar-refractivity contribution in [2.24, 2.45) is 11.7 Å². The Kier molecular flexibility index (Phi) is 5.11. The predicted molar refractivity (Wildman–Crippen MR) is 90.4 cm³/mol. The highest BCUT2D eigenvalue weighted by Gasteiger charge is 2.31. The number of piperidine rings is 1. The lowest BCUT2D eigenvalue weighted by atomic mass is 9.87. The largest absolute Gasteiger partial charge is 0.365 e. The molecule has 6 heteroatoms. The summed E-state index contributed by atoms with van der Waals surface area (Å²) in [7, 11) is 0. The highest BCUT2D eigenvalue weighted by Crippen LogP contribution is 2.30. The number of amides is 2. The lowest BCUT2D eigenvalue weighted by Crippen LogP contribution is -2.43. The molecule has 0 bridgehead atoms. The van der Waals surface area contributed by atoms with Crippen LogP contribution < -0.4 is 5.73 Å². The Morgan fingerprint density at radius 1 is 1.17 bits per heavy atom. The lowest BCUT2D eigenvalue weighted by molar-refractivity contribution is -0.137. The van der Waals surface area contributed by atoms with Crippen LogP contribution >= 0.6 is 0 Å². The fraction of sp³-hybridized carbons (Fsp3) is 0.667. The van der Waals surface area contributed by atoms with Crippen molar-refractivity contribution in [3.8, 4) is 0 Å². The van der Waals surface area contributed by atoms with Gasteiger partial charge in [0.15, 0.2) is 0 Å². The van der Waals surface area contributed by atoms with Crippen molar-refractivity contribution in [2.45, 2.75) is 57.8 Å². The Morgan fingerprint density at radius 3 is 2.58 bits per heavy atom. The zero-order chi connectivity index (χ0) is 17.1. The van der Waals surface area contributed by atoms with Crippen molar-refractivity contribution in [1.82, 2.24) is 14.9 Å². The van der Waals surface area contributed by atoms with Crippen LogP contribution in [0.1, 0.15) is 72.7 Å². The molecule has 1 aromatic heterocycles. The van der Waals surface area contributed by atoms with Crippen LogP contribution in [0, 0.1) is 12.8 Å². The van der Waals surface area contributed by atoms with E-state index in [4.69, 9.17) is 5.73 Å². The van der Waals surface area contributed by atoms with Gasteiger partial charge in [-0.15, -0.1) is 0 Å². The average Bonchev–Trinajstić information content (AvgIpc) is 2.61. The van der Waals surface area contributed by atoms with Gasteiger partial charge in [0.2, 0.25) is 5.91 Å². The molecule has 0 spiro atoms. The van der Waals surface area contributed by atoms with Gasteiger partial charge in [-0.1, -0.05) is 19.3 Å². The Morgan fingerprint density at radius 2 is 1.92 bits per heavy atom. The number of hydrogen-bond acceptors (Lipinski definition) is 4. The van der Waals surface area contributed by atoms with E-state index >= 15 is 0 Å². The molecule has 2 N–H and O–H groups in total. The zero-order valence-electron chi connectivity index (χ0n) is 14.3. The molecule has 0 unspecified atom stereocenters. The fourth-order valence-electron chi connectivity index (χ4n) is 3.92. The van der Waals surface area contributed by atoms with Crippen LogP contribution in [0.25, 0.3) is 0 Å². The first-order chi connectivity index (χ1) is 11.6. The van der Waals surface area contributed by atoms with E-state index in [0.29, 0.717) is 23.7 Å². The smallest absolute Gasteiger partial charge is 0.252 e. The van der Waals surface area contributed by atoms with Crippen molar-refractivity contribution in [2.75, 3.05) is 13.1 Å². The van der Waals surface area contributed by atoms with Crippen molar-refractivity contribution < 1.29 is 9.59 Å². The summed E-state index contributed by atoms with van der Waals surface area (Å²) in [5.74, 6) is 0.879. The molecule has 1 saturated heterocycles. The second-order valence-corrected chi connectivity index (χ2v) is 7.05. The maximum Gasteiger partial charge on any atom is 0.252 e. The Bertz CT molecular complexity index is 625. The van der Waals surface area contributed by atoms with Gasteiger partial charge in [0.05, 0.1) is 11.3 Å². The number of carbonyl (C=O) groups excluding carboxylic acids is 2. The highest BCUT2D eigenvalue weighted by molar-refractivity contribution is 5.93. The number of hydrogen-bond donors (Lipinski definition) is 1. The van der Waals surface area contributed by atoms with E-state index in [1.165, 1.54) is 25.5 Å². The molecule has 3 rings (SSSR count). The van der Waals surface area contributed by atoms with E-state index in [-0.39, 0.29) is 11.8 Å². The molecule has 1 aliphatic heterocycles. The monoisotopic (exact) mass is 330 g/mol. The summed E-state index contributed by atoms with van der Waals surface area (Å²) in [6.07, 6.45) is 9.13. The molecule has 2 fully saturated rings. The molecule has 130 valence electrons. The van der Waals surface area contributed by atoms with Gasteiger partial charge in [-0.25, -0.2) is 9.97 Å². The average molecular weight is 330 g/mol. The second kappa shape index (κ2) is 7.28. The minimum Gasteiger partial charge on any atom is -0.365 e. The molecule has 1 aliphatic carbocycles. The topological polar surface area (TPSA) is 89.2 Å². The van der Waals surface area contributed by atoms with E-state index in [2.05, 4.69) is 9.97 Å². The highest BCUT2D eigenvalue weighted by atomic mass is 16.2. The van der Waals surface area contributed by atoms with Gasteiger partial charge >= 0.3 is 0 Å². The van der Waals surface area contributed by atoms with E-state index in [9.17, 15) is 9.59 Å². The summed E-state index contributed by atoms with van der Waals surface area (Å²) in [4.78, 5) is 34.9. The Labute approximate surface area is 142 Å². The van der Waals surface area contributed by atoms with Crippen LogP contribution in [0.4, 0.5) is 0 Å². The molecule has 24 heavy (non-hydrogen) atoms. The van der Waals surface area contributed by atoms with Gasteiger partial charge in [0.1, 0.15) is 5.82 Å². The van der Waals surface area contributed by atoms with Crippen LogP contribution in [0.3, 0.4) is 0 Å². The fourth-order valence-corrected chi connectivity index (χ4v) is 3.92.